The minimum absolute atomic E-state index is 0.728. The van der Waals surface area contributed by atoms with Crippen LogP contribution in [-0.2, 0) is 13.0 Å². The standard InChI is InChI=1S/C14H15Cl2NS/c1-2-9-12(7-17-8-3-4-8)18-14-11(16)6-5-10(15)13(9)14/h5-6,8,17H,2-4,7H2,1H3. The molecule has 4 heteroatoms. The van der Waals surface area contributed by atoms with Crippen LogP contribution in [0.15, 0.2) is 12.1 Å². The van der Waals surface area contributed by atoms with E-state index in [0.717, 1.165) is 39.1 Å². The maximum absolute atomic E-state index is 6.33. The Bertz CT molecular complexity index is 587. The molecule has 1 nitrogen and oxygen atoms in total. The summed E-state index contributed by atoms with van der Waals surface area (Å²) < 4.78 is 1.13. The van der Waals surface area contributed by atoms with Crippen LogP contribution in [0.5, 0.6) is 0 Å². The maximum Gasteiger partial charge on any atom is 0.0585 e. The topological polar surface area (TPSA) is 12.0 Å². The molecule has 2 aromatic rings. The van der Waals surface area contributed by atoms with Crippen LogP contribution in [0.2, 0.25) is 10.0 Å². The first-order valence-electron chi connectivity index (χ1n) is 6.32. The average molecular weight is 300 g/mol. The van der Waals surface area contributed by atoms with E-state index in [-0.39, 0.29) is 0 Å². The zero-order chi connectivity index (χ0) is 12.7. The van der Waals surface area contributed by atoms with Crippen molar-refractivity contribution in [2.24, 2.45) is 0 Å². The Kier molecular flexibility index (Phi) is 3.55. The lowest BCUT2D eigenvalue weighted by Crippen LogP contribution is -2.15. The number of hydrogen-bond donors (Lipinski definition) is 1. The summed E-state index contributed by atoms with van der Waals surface area (Å²) in [5.41, 5.74) is 1.36. The Balaban J connectivity index is 2.06. The first kappa shape index (κ1) is 12.7. The molecule has 0 amide bonds. The summed E-state index contributed by atoms with van der Waals surface area (Å²) >= 11 is 14.4. The van der Waals surface area contributed by atoms with E-state index in [1.807, 2.05) is 12.1 Å². The molecule has 1 aromatic heterocycles. The van der Waals surface area contributed by atoms with Gasteiger partial charge in [-0.3, -0.25) is 0 Å². The maximum atomic E-state index is 6.33. The van der Waals surface area contributed by atoms with Crippen LogP contribution >= 0.6 is 34.5 Å². The number of nitrogens with one attached hydrogen (secondary N) is 1. The lowest BCUT2D eigenvalue weighted by molar-refractivity contribution is 0.692. The van der Waals surface area contributed by atoms with Crippen LogP contribution in [0.1, 0.15) is 30.2 Å². The van der Waals surface area contributed by atoms with Gasteiger partial charge in [-0.05, 0) is 37.0 Å². The summed E-state index contributed by atoms with van der Waals surface area (Å²) in [5, 5.41) is 6.36. The van der Waals surface area contributed by atoms with Crippen molar-refractivity contribution in [3.05, 3.63) is 32.6 Å². The highest BCUT2D eigenvalue weighted by atomic mass is 35.5. The minimum Gasteiger partial charge on any atom is -0.309 e. The normalized spacial score (nSPS) is 15.5. The van der Waals surface area contributed by atoms with Crippen molar-refractivity contribution in [1.29, 1.82) is 0 Å². The number of fused-ring (bicyclic) bond motifs is 1. The largest absolute Gasteiger partial charge is 0.309 e. The van der Waals surface area contributed by atoms with E-state index in [9.17, 15) is 0 Å². The summed E-state index contributed by atoms with van der Waals surface area (Å²) in [6.45, 7) is 3.12. The molecule has 1 fully saturated rings. The average Bonchev–Trinajstić information content (AvgIpc) is 3.11. The first-order valence-corrected chi connectivity index (χ1v) is 7.89. The third-order valence-electron chi connectivity index (χ3n) is 3.40. The fourth-order valence-electron chi connectivity index (χ4n) is 2.28. The van der Waals surface area contributed by atoms with Crippen LogP contribution in [0, 0.1) is 0 Å². The molecule has 0 spiro atoms. The molecule has 3 rings (SSSR count). The summed E-state index contributed by atoms with van der Waals surface area (Å²) in [6.07, 6.45) is 3.63. The predicted octanol–water partition coefficient (Wildman–Crippen LogP) is 5.02. The van der Waals surface area contributed by atoms with Crippen LogP contribution in [0.3, 0.4) is 0 Å². The highest BCUT2D eigenvalue weighted by Crippen LogP contribution is 2.40. The van der Waals surface area contributed by atoms with Crippen LogP contribution in [0.4, 0.5) is 0 Å². The van der Waals surface area contributed by atoms with Gasteiger partial charge >= 0.3 is 0 Å². The molecule has 1 aliphatic carbocycles. The number of benzene rings is 1. The molecule has 1 heterocycles. The van der Waals surface area contributed by atoms with Gasteiger partial charge in [0.05, 0.1) is 9.72 Å². The molecular weight excluding hydrogens is 285 g/mol. The van der Waals surface area contributed by atoms with E-state index in [2.05, 4.69) is 12.2 Å². The second-order valence-electron chi connectivity index (χ2n) is 4.75. The van der Waals surface area contributed by atoms with Gasteiger partial charge in [0.1, 0.15) is 0 Å². The van der Waals surface area contributed by atoms with Gasteiger partial charge < -0.3 is 5.32 Å². The van der Waals surface area contributed by atoms with Crippen molar-refractivity contribution in [3.63, 3.8) is 0 Å². The Labute approximate surface area is 121 Å². The second kappa shape index (κ2) is 5.01. The Hall–Kier alpha value is -0.280. The first-order chi connectivity index (χ1) is 8.70. The van der Waals surface area contributed by atoms with Gasteiger partial charge in [0.25, 0.3) is 0 Å². The Morgan fingerprint density at radius 3 is 2.67 bits per heavy atom. The number of hydrogen-bond acceptors (Lipinski definition) is 2. The lowest BCUT2D eigenvalue weighted by Gasteiger charge is -2.04. The van der Waals surface area contributed by atoms with Crippen LogP contribution < -0.4 is 5.32 Å². The molecule has 0 aliphatic heterocycles. The number of halogens is 2. The predicted molar refractivity (Wildman–Crippen MR) is 81.1 cm³/mol. The number of rotatable bonds is 4. The monoisotopic (exact) mass is 299 g/mol. The van der Waals surface area contributed by atoms with Crippen molar-refractivity contribution >= 4 is 44.6 Å². The molecule has 0 unspecified atom stereocenters. The zero-order valence-electron chi connectivity index (χ0n) is 10.2. The van der Waals surface area contributed by atoms with Gasteiger partial charge in [0.2, 0.25) is 0 Å². The third-order valence-corrected chi connectivity index (χ3v) is 5.41. The van der Waals surface area contributed by atoms with Crippen molar-refractivity contribution in [2.45, 2.75) is 38.8 Å². The van der Waals surface area contributed by atoms with Crippen LogP contribution in [-0.4, -0.2) is 6.04 Å². The van der Waals surface area contributed by atoms with E-state index in [1.165, 1.54) is 23.3 Å². The Morgan fingerprint density at radius 1 is 1.28 bits per heavy atom. The molecule has 96 valence electrons. The number of thiophene rings is 1. The van der Waals surface area contributed by atoms with Gasteiger partial charge in [-0.15, -0.1) is 11.3 Å². The van der Waals surface area contributed by atoms with E-state index in [4.69, 9.17) is 23.2 Å². The third kappa shape index (κ3) is 2.27. The fourth-order valence-corrected chi connectivity index (χ4v) is 4.15. The molecule has 1 aromatic carbocycles. The van der Waals surface area contributed by atoms with E-state index >= 15 is 0 Å². The van der Waals surface area contributed by atoms with E-state index in [1.54, 1.807) is 11.3 Å². The van der Waals surface area contributed by atoms with Gasteiger partial charge in [0, 0.05) is 27.9 Å². The van der Waals surface area contributed by atoms with E-state index < -0.39 is 0 Å². The van der Waals surface area contributed by atoms with Gasteiger partial charge in [0.15, 0.2) is 0 Å². The van der Waals surface area contributed by atoms with Gasteiger partial charge in [-0.25, -0.2) is 0 Å². The molecule has 1 N–H and O–H groups in total. The SMILES string of the molecule is CCc1c(CNC2CC2)sc2c(Cl)ccc(Cl)c12. The van der Waals surface area contributed by atoms with Gasteiger partial charge in [-0.2, -0.15) is 0 Å². The van der Waals surface area contributed by atoms with Crippen molar-refractivity contribution in [2.75, 3.05) is 0 Å². The van der Waals surface area contributed by atoms with Gasteiger partial charge in [-0.1, -0.05) is 30.1 Å². The molecule has 1 aliphatic rings. The molecular formula is C14H15Cl2NS. The van der Waals surface area contributed by atoms with Crippen molar-refractivity contribution in [1.82, 2.24) is 5.32 Å². The molecule has 0 atom stereocenters. The second-order valence-corrected chi connectivity index (χ2v) is 6.67. The smallest absolute Gasteiger partial charge is 0.0585 e. The van der Waals surface area contributed by atoms with Crippen molar-refractivity contribution in [3.8, 4) is 0 Å². The molecule has 1 saturated carbocycles. The summed E-state index contributed by atoms with van der Waals surface area (Å²) in [7, 11) is 0. The van der Waals surface area contributed by atoms with Crippen molar-refractivity contribution < 1.29 is 0 Å². The van der Waals surface area contributed by atoms with Crippen LogP contribution in [0.25, 0.3) is 10.1 Å². The summed E-state index contributed by atoms with van der Waals surface area (Å²) in [5.74, 6) is 0. The molecule has 0 saturated heterocycles. The highest BCUT2D eigenvalue weighted by Gasteiger charge is 2.22. The Morgan fingerprint density at radius 2 is 2.00 bits per heavy atom. The molecule has 0 bridgehead atoms. The molecule has 0 radical (unpaired) electrons. The summed E-state index contributed by atoms with van der Waals surface area (Å²) in [4.78, 5) is 1.38. The fraction of sp³-hybridized carbons (Fsp3) is 0.429. The molecule has 18 heavy (non-hydrogen) atoms. The zero-order valence-corrected chi connectivity index (χ0v) is 12.6. The highest BCUT2D eigenvalue weighted by molar-refractivity contribution is 7.20. The lowest BCUT2D eigenvalue weighted by atomic mass is 10.1. The quantitative estimate of drug-likeness (QED) is 0.835. The minimum atomic E-state index is 0.728. The summed E-state index contributed by atoms with van der Waals surface area (Å²) in [6, 6.07) is 4.52. The van der Waals surface area contributed by atoms with E-state index in [0.29, 0.717) is 0 Å². The number of aryl methyl sites for hydroxylation is 1.